The molecule has 6 heteroatoms. The lowest BCUT2D eigenvalue weighted by molar-refractivity contribution is 0.110. The topological polar surface area (TPSA) is 31.4 Å². The third-order valence-corrected chi connectivity index (χ3v) is 5.07. The molecular weight excluding hydrogens is 334 g/mol. The van der Waals surface area contributed by atoms with Gasteiger partial charge >= 0.3 is 0 Å². The van der Waals surface area contributed by atoms with E-state index in [1.807, 2.05) is 19.1 Å². The first kappa shape index (κ1) is 18.9. The lowest BCUT2D eigenvalue weighted by Crippen LogP contribution is -2.48. The van der Waals surface area contributed by atoms with Crippen molar-refractivity contribution in [1.82, 2.24) is 20.1 Å². The van der Waals surface area contributed by atoms with E-state index in [9.17, 15) is 8.78 Å². The molecule has 1 aromatic heterocycles. The van der Waals surface area contributed by atoms with Gasteiger partial charge in [-0.1, -0.05) is 12.1 Å². The van der Waals surface area contributed by atoms with Gasteiger partial charge in [0, 0.05) is 51.5 Å². The monoisotopic (exact) mass is 360 g/mol. The van der Waals surface area contributed by atoms with Crippen molar-refractivity contribution >= 4 is 0 Å². The van der Waals surface area contributed by atoms with E-state index in [0.29, 0.717) is 6.54 Å². The fourth-order valence-electron chi connectivity index (χ4n) is 3.35. The van der Waals surface area contributed by atoms with Gasteiger partial charge in [0.25, 0.3) is 0 Å². The number of rotatable bonds is 6. The van der Waals surface area contributed by atoms with Crippen LogP contribution in [-0.2, 0) is 6.54 Å². The minimum Gasteiger partial charge on any atom is -0.311 e. The zero-order valence-corrected chi connectivity index (χ0v) is 15.4. The Morgan fingerprint density at radius 1 is 1.12 bits per heavy atom. The molecule has 26 heavy (non-hydrogen) atoms. The highest BCUT2D eigenvalue weighted by molar-refractivity contribution is 5.23. The number of aromatic nitrogens is 1. The summed E-state index contributed by atoms with van der Waals surface area (Å²) in [6.45, 7) is 7.28. The molecule has 140 valence electrons. The molecule has 1 aliphatic rings. The van der Waals surface area contributed by atoms with E-state index >= 15 is 0 Å². The maximum absolute atomic E-state index is 13.3. The summed E-state index contributed by atoms with van der Waals surface area (Å²) in [5, 5.41) is 3.47. The van der Waals surface area contributed by atoms with Gasteiger partial charge in [0.15, 0.2) is 0 Å². The summed E-state index contributed by atoms with van der Waals surface area (Å²) in [4.78, 5) is 8.50. The molecule has 2 aromatic rings. The summed E-state index contributed by atoms with van der Waals surface area (Å²) in [5.41, 5.74) is 2.99. The first-order valence-corrected chi connectivity index (χ1v) is 9.03. The van der Waals surface area contributed by atoms with E-state index in [0.717, 1.165) is 49.4 Å². The molecule has 4 nitrogen and oxygen atoms in total. The SMILES string of the molecule is Cc1cc(F)ncc1CNCC(c1ccc(F)cc1)N1CCN(C)CC1. The molecule has 1 aromatic carbocycles. The number of likely N-dealkylation sites (N-methyl/N-ethyl adjacent to an activating group) is 1. The van der Waals surface area contributed by atoms with Gasteiger partial charge < -0.3 is 10.2 Å². The maximum Gasteiger partial charge on any atom is 0.213 e. The van der Waals surface area contributed by atoms with Crippen molar-refractivity contribution in [3.8, 4) is 0 Å². The summed E-state index contributed by atoms with van der Waals surface area (Å²) < 4.78 is 26.5. The molecule has 0 radical (unpaired) electrons. The first-order chi connectivity index (χ1) is 12.5. The van der Waals surface area contributed by atoms with Crippen molar-refractivity contribution in [3.05, 3.63) is 65.0 Å². The van der Waals surface area contributed by atoms with E-state index in [1.165, 1.54) is 18.2 Å². The molecule has 0 bridgehead atoms. The van der Waals surface area contributed by atoms with Crippen LogP contribution in [0.2, 0.25) is 0 Å². The molecule has 3 rings (SSSR count). The molecule has 0 saturated carbocycles. The molecule has 2 heterocycles. The van der Waals surface area contributed by atoms with Gasteiger partial charge in [-0.2, -0.15) is 4.39 Å². The third kappa shape index (κ3) is 4.84. The van der Waals surface area contributed by atoms with Gasteiger partial charge in [-0.25, -0.2) is 9.37 Å². The first-order valence-electron chi connectivity index (χ1n) is 9.03. The van der Waals surface area contributed by atoms with Gasteiger partial charge in [0.05, 0.1) is 0 Å². The van der Waals surface area contributed by atoms with Crippen LogP contribution in [0.15, 0.2) is 36.5 Å². The zero-order valence-electron chi connectivity index (χ0n) is 15.4. The van der Waals surface area contributed by atoms with Crippen molar-refractivity contribution in [2.24, 2.45) is 0 Å². The van der Waals surface area contributed by atoms with Crippen LogP contribution in [-0.4, -0.2) is 54.6 Å². The van der Waals surface area contributed by atoms with E-state index in [4.69, 9.17) is 0 Å². The van der Waals surface area contributed by atoms with Crippen molar-refractivity contribution in [3.63, 3.8) is 0 Å². The smallest absolute Gasteiger partial charge is 0.213 e. The van der Waals surface area contributed by atoms with Crippen LogP contribution in [0.3, 0.4) is 0 Å². The van der Waals surface area contributed by atoms with Crippen molar-refractivity contribution in [1.29, 1.82) is 0 Å². The second-order valence-corrected chi connectivity index (χ2v) is 6.97. The predicted octanol–water partition coefficient (Wildman–Crippen LogP) is 2.75. The van der Waals surface area contributed by atoms with Crippen molar-refractivity contribution in [2.75, 3.05) is 39.8 Å². The highest BCUT2D eigenvalue weighted by Gasteiger charge is 2.23. The summed E-state index contributed by atoms with van der Waals surface area (Å²) in [6.07, 6.45) is 1.58. The molecule has 0 spiro atoms. The normalized spacial score (nSPS) is 17.4. The third-order valence-electron chi connectivity index (χ3n) is 5.07. The minimum atomic E-state index is -0.451. The Morgan fingerprint density at radius 3 is 2.46 bits per heavy atom. The van der Waals surface area contributed by atoms with E-state index in [1.54, 1.807) is 6.20 Å². The summed E-state index contributed by atoms with van der Waals surface area (Å²) >= 11 is 0. The number of benzene rings is 1. The zero-order chi connectivity index (χ0) is 18.5. The summed E-state index contributed by atoms with van der Waals surface area (Å²) in [5.74, 6) is -0.667. The number of nitrogens with one attached hydrogen (secondary N) is 1. The highest BCUT2D eigenvalue weighted by atomic mass is 19.1. The van der Waals surface area contributed by atoms with Crippen molar-refractivity contribution < 1.29 is 8.78 Å². The van der Waals surface area contributed by atoms with Crippen LogP contribution in [0.4, 0.5) is 8.78 Å². The Bertz CT molecular complexity index is 712. The van der Waals surface area contributed by atoms with Crippen LogP contribution < -0.4 is 5.32 Å². The second-order valence-electron chi connectivity index (χ2n) is 6.97. The number of hydrogen-bond acceptors (Lipinski definition) is 4. The number of piperazine rings is 1. The molecule has 1 fully saturated rings. The number of nitrogens with zero attached hydrogens (tertiary/aromatic N) is 3. The Labute approximate surface area is 153 Å². The molecule has 1 atom stereocenters. The van der Waals surface area contributed by atoms with Gasteiger partial charge in [-0.15, -0.1) is 0 Å². The van der Waals surface area contributed by atoms with Crippen LogP contribution in [0.25, 0.3) is 0 Å². The van der Waals surface area contributed by atoms with Crippen LogP contribution in [0, 0.1) is 18.7 Å². The lowest BCUT2D eigenvalue weighted by Gasteiger charge is -2.38. The summed E-state index contributed by atoms with van der Waals surface area (Å²) in [7, 11) is 2.13. The fourth-order valence-corrected chi connectivity index (χ4v) is 3.35. The molecule has 0 amide bonds. The maximum atomic E-state index is 13.3. The molecule has 1 unspecified atom stereocenters. The van der Waals surface area contributed by atoms with Gasteiger partial charge in [0.2, 0.25) is 5.95 Å². The molecule has 1 saturated heterocycles. The second kappa shape index (κ2) is 8.66. The lowest BCUT2D eigenvalue weighted by atomic mass is 10.0. The fraction of sp³-hybridized carbons (Fsp3) is 0.450. The number of aryl methyl sites for hydroxylation is 1. The Hall–Kier alpha value is -1.89. The van der Waals surface area contributed by atoms with Crippen LogP contribution >= 0.6 is 0 Å². The number of hydrogen-bond donors (Lipinski definition) is 1. The van der Waals surface area contributed by atoms with E-state index < -0.39 is 5.95 Å². The average molecular weight is 360 g/mol. The van der Waals surface area contributed by atoms with Crippen LogP contribution in [0.5, 0.6) is 0 Å². The Morgan fingerprint density at radius 2 is 1.81 bits per heavy atom. The predicted molar refractivity (Wildman–Crippen MR) is 98.8 cm³/mol. The van der Waals surface area contributed by atoms with Gasteiger partial charge in [-0.05, 0) is 48.9 Å². The van der Waals surface area contributed by atoms with Gasteiger partial charge in [-0.3, -0.25) is 4.90 Å². The number of pyridine rings is 1. The molecule has 1 N–H and O–H groups in total. The van der Waals surface area contributed by atoms with Crippen molar-refractivity contribution in [2.45, 2.75) is 19.5 Å². The molecule has 0 aliphatic carbocycles. The largest absolute Gasteiger partial charge is 0.311 e. The Balaban J connectivity index is 1.68. The minimum absolute atomic E-state index is 0.179. The standard InChI is InChI=1S/C20H26F2N4/c1-15-11-20(22)24-13-17(15)12-23-14-19(16-3-5-18(21)6-4-16)26-9-7-25(2)8-10-26/h3-6,11,13,19,23H,7-10,12,14H2,1-2H3. The van der Waals surface area contributed by atoms with Crippen LogP contribution in [0.1, 0.15) is 22.7 Å². The Kier molecular flexibility index (Phi) is 6.29. The summed E-state index contributed by atoms with van der Waals surface area (Å²) in [6, 6.07) is 8.40. The highest BCUT2D eigenvalue weighted by Crippen LogP contribution is 2.22. The quantitative estimate of drug-likeness (QED) is 0.803. The molecule has 1 aliphatic heterocycles. The number of halogens is 2. The van der Waals surface area contributed by atoms with E-state index in [2.05, 4.69) is 27.1 Å². The van der Waals surface area contributed by atoms with E-state index in [-0.39, 0.29) is 11.9 Å². The molecular formula is C20H26F2N4. The van der Waals surface area contributed by atoms with Gasteiger partial charge in [0.1, 0.15) is 5.82 Å². The average Bonchev–Trinajstić information content (AvgIpc) is 2.62.